The lowest BCUT2D eigenvalue weighted by Crippen LogP contribution is -1.94. The van der Waals surface area contributed by atoms with Gasteiger partial charge in [-0.1, -0.05) is 35.2 Å². The zero-order valence-corrected chi connectivity index (χ0v) is 15.7. The first kappa shape index (κ1) is 16.8. The van der Waals surface area contributed by atoms with E-state index in [2.05, 4.69) is 20.3 Å². The van der Waals surface area contributed by atoms with E-state index < -0.39 is 4.92 Å². The maximum absolute atomic E-state index is 10.8. The SMILES string of the molecule is O=[N+]([O-])c1ccc(-c2nn3c(CSc4nc5ccccc5o4)nnc3s2)cc1. The third kappa shape index (κ3) is 3.00. The second kappa shape index (κ2) is 6.69. The van der Waals surface area contributed by atoms with Crippen molar-refractivity contribution in [3.63, 3.8) is 0 Å². The van der Waals surface area contributed by atoms with Crippen LogP contribution in [0.1, 0.15) is 5.82 Å². The average Bonchev–Trinajstić information content (AvgIpc) is 3.40. The topological polar surface area (TPSA) is 112 Å². The summed E-state index contributed by atoms with van der Waals surface area (Å²) in [5.41, 5.74) is 2.39. The van der Waals surface area contributed by atoms with Gasteiger partial charge in [-0.25, -0.2) is 4.98 Å². The van der Waals surface area contributed by atoms with E-state index in [1.54, 1.807) is 16.6 Å². The molecule has 0 amide bonds. The molecule has 0 aliphatic heterocycles. The molecule has 2 aromatic carbocycles. The summed E-state index contributed by atoms with van der Waals surface area (Å²) in [5, 5.41) is 25.0. The lowest BCUT2D eigenvalue weighted by Gasteiger charge is -1.96. The van der Waals surface area contributed by atoms with E-state index >= 15 is 0 Å². The number of nitro groups is 1. The number of aromatic nitrogens is 5. The van der Waals surface area contributed by atoms with Gasteiger partial charge in [0.2, 0.25) is 4.96 Å². The normalized spacial score (nSPS) is 11.4. The van der Waals surface area contributed by atoms with Gasteiger partial charge in [0.05, 0.1) is 10.7 Å². The second-order valence-electron chi connectivity index (χ2n) is 5.76. The molecule has 0 bridgehead atoms. The summed E-state index contributed by atoms with van der Waals surface area (Å²) in [6, 6.07) is 13.9. The summed E-state index contributed by atoms with van der Waals surface area (Å²) in [5.74, 6) is 1.17. The Labute approximate surface area is 165 Å². The van der Waals surface area contributed by atoms with Crippen molar-refractivity contribution >= 4 is 44.8 Å². The molecule has 0 saturated carbocycles. The van der Waals surface area contributed by atoms with Crippen LogP contribution in [0, 0.1) is 10.1 Å². The van der Waals surface area contributed by atoms with Crippen LogP contribution in [0.4, 0.5) is 5.69 Å². The van der Waals surface area contributed by atoms with Crippen molar-refractivity contribution in [2.45, 2.75) is 11.0 Å². The number of thioether (sulfide) groups is 1. The predicted octanol–water partition coefficient (Wildman–Crippen LogP) is 4.19. The molecule has 0 radical (unpaired) electrons. The first-order chi connectivity index (χ1) is 13.7. The zero-order chi connectivity index (χ0) is 19.1. The second-order valence-corrected chi connectivity index (χ2v) is 7.64. The van der Waals surface area contributed by atoms with Crippen molar-refractivity contribution in [1.82, 2.24) is 24.8 Å². The van der Waals surface area contributed by atoms with E-state index in [-0.39, 0.29) is 5.69 Å². The highest BCUT2D eigenvalue weighted by atomic mass is 32.2. The fourth-order valence-electron chi connectivity index (χ4n) is 2.63. The first-order valence-corrected chi connectivity index (χ1v) is 9.92. The number of fused-ring (bicyclic) bond motifs is 2. The Morgan fingerprint density at radius 1 is 1.14 bits per heavy atom. The molecule has 0 aliphatic carbocycles. The molecule has 3 heterocycles. The number of hydrogen-bond donors (Lipinski definition) is 0. The van der Waals surface area contributed by atoms with Gasteiger partial charge in [0.1, 0.15) is 10.5 Å². The molecule has 11 heteroatoms. The van der Waals surface area contributed by atoms with Crippen molar-refractivity contribution in [1.29, 1.82) is 0 Å². The van der Waals surface area contributed by atoms with E-state index in [0.29, 0.717) is 26.8 Å². The molecule has 0 spiro atoms. The van der Waals surface area contributed by atoms with Crippen LogP contribution < -0.4 is 0 Å². The largest absolute Gasteiger partial charge is 0.431 e. The summed E-state index contributed by atoms with van der Waals surface area (Å²) >= 11 is 2.79. The first-order valence-electron chi connectivity index (χ1n) is 8.12. The number of nitro benzene ring substituents is 1. The van der Waals surface area contributed by atoms with E-state index in [0.717, 1.165) is 16.7 Å². The molecular formula is C17H10N6O3S2. The summed E-state index contributed by atoms with van der Waals surface area (Å²) in [4.78, 5) is 15.5. The van der Waals surface area contributed by atoms with E-state index in [4.69, 9.17) is 4.42 Å². The van der Waals surface area contributed by atoms with Crippen molar-refractivity contribution in [2.75, 3.05) is 0 Å². The van der Waals surface area contributed by atoms with E-state index in [1.165, 1.54) is 35.2 Å². The number of benzene rings is 2. The van der Waals surface area contributed by atoms with Crippen LogP contribution in [0.2, 0.25) is 0 Å². The van der Waals surface area contributed by atoms with Gasteiger partial charge in [-0.15, -0.1) is 10.2 Å². The fraction of sp³-hybridized carbons (Fsp3) is 0.0588. The number of para-hydroxylation sites is 2. The fourth-order valence-corrected chi connectivity index (χ4v) is 4.24. The van der Waals surface area contributed by atoms with Gasteiger partial charge in [-0.2, -0.15) is 9.61 Å². The predicted molar refractivity (Wildman–Crippen MR) is 104 cm³/mol. The van der Waals surface area contributed by atoms with Gasteiger partial charge in [-0.05, 0) is 24.3 Å². The van der Waals surface area contributed by atoms with Crippen molar-refractivity contribution in [2.24, 2.45) is 0 Å². The third-order valence-corrected chi connectivity index (χ3v) is 5.75. The average molecular weight is 410 g/mol. The highest BCUT2D eigenvalue weighted by Crippen LogP contribution is 2.29. The molecule has 5 aromatic rings. The van der Waals surface area contributed by atoms with Crippen molar-refractivity contribution < 1.29 is 9.34 Å². The molecule has 138 valence electrons. The lowest BCUT2D eigenvalue weighted by atomic mass is 10.2. The van der Waals surface area contributed by atoms with Crippen LogP contribution in [0.5, 0.6) is 0 Å². The molecule has 0 N–H and O–H groups in total. The zero-order valence-electron chi connectivity index (χ0n) is 14.1. The monoisotopic (exact) mass is 410 g/mol. The minimum absolute atomic E-state index is 0.0437. The smallest absolute Gasteiger partial charge is 0.269 e. The minimum Gasteiger partial charge on any atom is -0.431 e. The highest BCUT2D eigenvalue weighted by Gasteiger charge is 2.15. The molecule has 0 atom stereocenters. The Morgan fingerprint density at radius 2 is 1.96 bits per heavy atom. The van der Waals surface area contributed by atoms with Gasteiger partial charge in [0.15, 0.2) is 11.4 Å². The maximum Gasteiger partial charge on any atom is 0.269 e. The Hall–Kier alpha value is -3.31. The molecule has 0 fully saturated rings. The van der Waals surface area contributed by atoms with E-state index in [1.807, 2.05) is 24.3 Å². The molecule has 3 aromatic heterocycles. The number of rotatable bonds is 5. The lowest BCUT2D eigenvalue weighted by molar-refractivity contribution is -0.384. The van der Waals surface area contributed by atoms with E-state index in [9.17, 15) is 10.1 Å². The maximum atomic E-state index is 10.8. The highest BCUT2D eigenvalue weighted by molar-refractivity contribution is 7.98. The van der Waals surface area contributed by atoms with Gasteiger partial charge < -0.3 is 4.42 Å². The van der Waals surface area contributed by atoms with Crippen LogP contribution in [0.15, 0.2) is 58.2 Å². The Bertz CT molecular complexity index is 1270. The van der Waals surface area contributed by atoms with Crippen LogP contribution in [0.3, 0.4) is 0 Å². The third-order valence-electron chi connectivity index (χ3n) is 3.98. The molecular weight excluding hydrogens is 400 g/mol. The van der Waals surface area contributed by atoms with Crippen LogP contribution >= 0.6 is 23.1 Å². The van der Waals surface area contributed by atoms with Gasteiger partial charge in [0.25, 0.3) is 10.9 Å². The number of non-ortho nitro benzene ring substituents is 1. The molecule has 28 heavy (non-hydrogen) atoms. The van der Waals surface area contributed by atoms with Crippen molar-refractivity contribution in [3.8, 4) is 10.6 Å². The summed E-state index contributed by atoms with van der Waals surface area (Å²) in [6.07, 6.45) is 0. The van der Waals surface area contributed by atoms with Crippen LogP contribution in [-0.2, 0) is 5.75 Å². The summed E-state index contributed by atoms with van der Waals surface area (Å²) in [6.45, 7) is 0. The Morgan fingerprint density at radius 3 is 2.75 bits per heavy atom. The van der Waals surface area contributed by atoms with Crippen LogP contribution in [0.25, 0.3) is 26.6 Å². The number of oxazole rings is 1. The molecule has 0 unspecified atom stereocenters. The minimum atomic E-state index is -0.427. The molecule has 0 saturated heterocycles. The Kier molecular flexibility index (Phi) is 4.02. The van der Waals surface area contributed by atoms with Crippen molar-refractivity contribution in [3.05, 3.63) is 64.5 Å². The molecule has 5 rings (SSSR count). The van der Waals surface area contributed by atoms with Crippen LogP contribution in [-0.4, -0.2) is 29.7 Å². The number of nitrogens with zero attached hydrogens (tertiary/aromatic N) is 6. The molecule has 9 nitrogen and oxygen atoms in total. The summed E-state index contributed by atoms with van der Waals surface area (Å²) in [7, 11) is 0. The van der Waals surface area contributed by atoms with Gasteiger partial charge in [-0.3, -0.25) is 10.1 Å². The van der Waals surface area contributed by atoms with Gasteiger partial charge >= 0.3 is 0 Å². The molecule has 0 aliphatic rings. The quantitative estimate of drug-likeness (QED) is 0.241. The number of hydrogen-bond acceptors (Lipinski definition) is 9. The summed E-state index contributed by atoms with van der Waals surface area (Å²) < 4.78 is 7.38. The van der Waals surface area contributed by atoms with Gasteiger partial charge in [0, 0.05) is 17.7 Å². The Balaban J connectivity index is 1.39. The standard InChI is InChI=1S/C17H10N6O3S2/c24-23(25)11-7-5-10(6-8-11)15-21-22-14(19-20-16(22)28-15)9-27-17-18-12-3-1-2-4-13(12)26-17/h1-8H,9H2.